The molecule has 2 unspecified atom stereocenters. The highest BCUT2D eigenvalue weighted by atomic mass is 35.5. The van der Waals surface area contributed by atoms with Crippen molar-refractivity contribution < 1.29 is 18.7 Å². The molecule has 5 heterocycles. The molecular weight excluding hydrogens is 423 g/mol. The second kappa shape index (κ2) is 5.98. The SMILES string of the molecule is Cc1cc2c3c(nc(Cl)nc3c1F)N1CC3CC4(C(=O)OC(C)(C)C)C[C@@H]([C@H]1CO2)N34. The van der Waals surface area contributed by atoms with E-state index in [2.05, 4.69) is 19.8 Å². The van der Waals surface area contributed by atoms with Gasteiger partial charge in [-0.1, -0.05) is 0 Å². The minimum absolute atomic E-state index is 0.0166. The lowest BCUT2D eigenvalue weighted by Crippen LogP contribution is -2.89. The summed E-state index contributed by atoms with van der Waals surface area (Å²) < 4.78 is 26.8. The number of ether oxygens (including phenoxy) is 2. The molecule has 0 saturated carbocycles. The summed E-state index contributed by atoms with van der Waals surface area (Å²) in [6.45, 7) is 8.47. The van der Waals surface area contributed by atoms with Gasteiger partial charge in [0, 0.05) is 18.6 Å². The largest absolute Gasteiger partial charge is 0.491 e. The monoisotopic (exact) mass is 446 g/mol. The van der Waals surface area contributed by atoms with E-state index in [0.717, 1.165) is 6.42 Å². The van der Waals surface area contributed by atoms with Crippen molar-refractivity contribution in [1.82, 2.24) is 14.9 Å². The molecule has 0 bridgehead atoms. The fourth-order valence-corrected chi connectivity index (χ4v) is 6.06. The number of rotatable bonds is 1. The van der Waals surface area contributed by atoms with Gasteiger partial charge in [-0.3, -0.25) is 9.69 Å². The van der Waals surface area contributed by atoms with Crippen LogP contribution in [0, 0.1) is 12.7 Å². The number of nitrogens with zero attached hydrogens (tertiary/aromatic N) is 4. The van der Waals surface area contributed by atoms with E-state index in [4.69, 9.17) is 21.1 Å². The number of aryl methyl sites for hydroxylation is 1. The lowest BCUT2D eigenvalue weighted by Gasteiger charge is -2.73. The van der Waals surface area contributed by atoms with E-state index in [0.29, 0.717) is 42.1 Å². The van der Waals surface area contributed by atoms with Crippen molar-refractivity contribution in [3.63, 3.8) is 0 Å². The van der Waals surface area contributed by atoms with Gasteiger partial charge in [-0.05, 0) is 63.8 Å². The number of carbonyl (C=O) groups is 1. The van der Waals surface area contributed by atoms with Gasteiger partial charge in [0.05, 0.1) is 11.4 Å². The molecule has 3 fully saturated rings. The van der Waals surface area contributed by atoms with Crippen LogP contribution >= 0.6 is 11.6 Å². The van der Waals surface area contributed by atoms with Gasteiger partial charge in [-0.15, -0.1) is 0 Å². The minimum atomic E-state index is -0.519. The van der Waals surface area contributed by atoms with Crippen LogP contribution in [0.1, 0.15) is 39.2 Å². The maximum absolute atomic E-state index is 14.9. The van der Waals surface area contributed by atoms with E-state index in [1.165, 1.54) is 0 Å². The molecule has 0 amide bonds. The second-order valence-corrected chi connectivity index (χ2v) is 10.5. The smallest absolute Gasteiger partial charge is 0.327 e. The Morgan fingerprint density at radius 3 is 2.84 bits per heavy atom. The molecule has 7 nitrogen and oxygen atoms in total. The lowest BCUT2D eigenvalue weighted by molar-refractivity contribution is -0.240. The molecule has 9 heteroatoms. The van der Waals surface area contributed by atoms with Crippen molar-refractivity contribution >= 4 is 34.3 Å². The van der Waals surface area contributed by atoms with Crippen molar-refractivity contribution in [3.05, 3.63) is 22.7 Å². The number of aromatic nitrogens is 2. The normalized spacial score (nSPS) is 31.0. The molecule has 1 aromatic carbocycles. The number of hydrogen-bond acceptors (Lipinski definition) is 7. The summed E-state index contributed by atoms with van der Waals surface area (Å²) in [5.74, 6) is 0.660. The Morgan fingerprint density at radius 1 is 1.32 bits per heavy atom. The highest BCUT2D eigenvalue weighted by Gasteiger charge is 2.72. The fourth-order valence-electron chi connectivity index (χ4n) is 5.90. The van der Waals surface area contributed by atoms with E-state index in [1.807, 2.05) is 20.8 Å². The molecule has 0 radical (unpaired) electrons. The quantitative estimate of drug-likeness (QED) is 0.492. The molecule has 31 heavy (non-hydrogen) atoms. The number of piperidine rings is 1. The number of fused-ring (bicyclic) bond motifs is 3. The van der Waals surface area contributed by atoms with Crippen molar-refractivity contribution in [2.75, 3.05) is 18.1 Å². The summed E-state index contributed by atoms with van der Waals surface area (Å²) in [5, 5.41) is 0.590. The van der Waals surface area contributed by atoms with Gasteiger partial charge in [0.25, 0.3) is 0 Å². The highest BCUT2D eigenvalue weighted by molar-refractivity contribution is 6.29. The second-order valence-electron chi connectivity index (χ2n) is 10.1. The van der Waals surface area contributed by atoms with E-state index >= 15 is 0 Å². The van der Waals surface area contributed by atoms with Crippen LogP contribution in [0.2, 0.25) is 5.28 Å². The molecular formula is C22H24ClFN4O3. The summed E-state index contributed by atoms with van der Waals surface area (Å²) in [6, 6.07) is 2.04. The van der Waals surface area contributed by atoms with Gasteiger partial charge >= 0.3 is 5.97 Å². The average Bonchev–Trinajstić information content (AvgIpc) is 2.77. The molecule has 1 aromatic heterocycles. The zero-order valence-electron chi connectivity index (χ0n) is 17.9. The zero-order valence-corrected chi connectivity index (χ0v) is 18.7. The van der Waals surface area contributed by atoms with Gasteiger partial charge < -0.3 is 14.4 Å². The number of hydrogen-bond donors (Lipinski definition) is 0. The molecule has 0 aliphatic carbocycles. The molecule has 4 aliphatic heterocycles. The van der Waals surface area contributed by atoms with Crippen LogP contribution in [-0.4, -0.2) is 63.3 Å². The van der Waals surface area contributed by atoms with Crippen LogP contribution in [-0.2, 0) is 9.53 Å². The van der Waals surface area contributed by atoms with Crippen molar-refractivity contribution in [3.8, 4) is 5.75 Å². The van der Waals surface area contributed by atoms with Crippen LogP contribution < -0.4 is 9.64 Å². The van der Waals surface area contributed by atoms with Crippen LogP contribution in [0.3, 0.4) is 0 Å². The van der Waals surface area contributed by atoms with Crippen molar-refractivity contribution in [2.24, 2.45) is 0 Å². The van der Waals surface area contributed by atoms with Crippen molar-refractivity contribution in [1.29, 1.82) is 0 Å². The van der Waals surface area contributed by atoms with Crippen LogP contribution in [0.4, 0.5) is 10.2 Å². The van der Waals surface area contributed by atoms with E-state index in [1.54, 1.807) is 13.0 Å². The first-order valence-corrected chi connectivity index (χ1v) is 11.0. The molecule has 2 aromatic rings. The summed E-state index contributed by atoms with van der Waals surface area (Å²) in [7, 11) is 0. The van der Waals surface area contributed by atoms with Gasteiger partial charge in [0.2, 0.25) is 5.28 Å². The molecule has 3 saturated heterocycles. The number of anilines is 1. The Labute approximate surface area is 184 Å². The summed E-state index contributed by atoms with van der Waals surface area (Å²) in [4.78, 5) is 26.1. The average molecular weight is 447 g/mol. The molecule has 164 valence electrons. The number of carbonyl (C=O) groups excluding carboxylic acids is 1. The number of halogens is 2. The summed E-state index contributed by atoms with van der Waals surface area (Å²) in [5.41, 5.74) is -0.380. The third kappa shape index (κ3) is 2.52. The van der Waals surface area contributed by atoms with Gasteiger partial charge in [0.15, 0.2) is 5.82 Å². The number of piperazine rings is 1. The molecule has 0 spiro atoms. The van der Waals surface area contributed by atoms with Gasteiger partial charge in [0.1, 0.15) is 34.8 Å². The Hall–Kier alpha value is -2.19. The number of benzene rings is 1. The Bertz CT molecular complexity index is 1150. The lowest BCUT2D eigenvalue weighted by atomic mass is 9.60. The predicted molar refractivity (Wildman–Crippen MR) is 113 cm³/mol. The third-order valence-electron chi connectivity index (χ3n) is 7.09. The van der Waals surface area contributed by atoms with Crippen LogP contribution in [0.15, 0.2) is 6.07 Å². The Kier molecular flexibility index (Phi) is 3.76. The topological polar surface area (TPSA) is 67.8 Å². The van der Waals surface area contributed by atoms with Crippen LogP contribution in [0.25, 0.3) is 10.9 Å². The molecule has 4 aliphatic rings. The summed E-state index contributed by atoms with van der Waals surface area (Å²) >= 11 is 6.21. The van der Waals surface area contributed by atoms with Crippen molar-refractivity contribution in [2.45, 2.75) is 69.8 Å². The maximum Gasteiger partial charge on any atom is 0.327 e. The first-order valence-electron chi connectivity index (χ1n) is 10.7. The predicted octanol–water partition coefficient (Wildman–Crippen LogP) is 3.24. The molecule has 4 atom stereocenters. The van der Waals surface area contributed by atoms with Gasteiger partial charge in [-0.25, -0.2) is 9.37 Å². The summed E-state index contributed by atoms with van der Waals surface area (Å²) in [6.07, 6.45) is 1.47. The van der Waals surface area contributed by atoms with E-state index in [9.17, 15) is 9.18 Å². The van der Waals surface area contributed by atoms with E-state index < -0.39 is 17.0 Å². The van der Waals surface area contributed by atoms with Gasteiger partial charge in [-0.2, -0.15) is 4.98 Å². The Balaban J connectivity index is 1.39. The zero-order chi connectivity index (χ0) is 21.9. The first kappa shape index (κ1) is 19.5. The molecule has 0 N–H and O–H groups in total. The fraction of sp³-hybridized carbons (Fsp3) is 0.591. The third-order valence-corrected chi connectivity index (χ3v) is 7.26. The first-order chi connectivity index (χ1) is 14.6. The van der Waals surface area contributed by atoms with Crippen LogP contribution in [0.5, 0.6) is 5.75 Å². The standard InChI is InChI=1S/C22H24ClFN4O3/c1-10-5-14-15-17(16(10)24)25-20(23)26-18(15)27-8-11-6-22(19(29)31-21(2,3)4)7-12(28(11)22)13(27)9-30-14/h5,11-13H,6-9H2,1-4H3/t11?,12-,13+,22?/m0/s1. The minimum Gasteiger partial charge on any atom is -0.491 e. The highest BCUT2D eigenvalue weighted by Crippen LogP contribution is 2.58. The Morgan fingerprint density at radius 2 is 2.10 bits per heavy atom. The number of esters is 1. The maximum atomic E-state index is 14.9. The molecule has 6 rings (SSSR count). The van der Waals surface area contributed by atoms with E-state index in [-0.39, 0.29) is 34.9 Å².